The highest BCUT2D eigenvalue weighted by atomic mass is 32.2. The first-order valence-electron chi connectivity index (χ1n) is 10.6. The molecule has 0 spiro atoms. The molecule has 11 heteroatoms. The fourth-order valence-corrected chi connectivity index (χ4v) is 4.94. The van der Waals surface area contributed by atoms with Crippen LogP contribution in [0.4, 0.5) is 5.69 Å². The van der Waals surface area contributed by atoms with Crippen LogP contribution in [0.1, 0.15) is 24.8 Å². The van der Waals surface area contributed by atoms with Crippen LogP contribution < -0.4 is 14.8 Å². The summed E-state index contributed by atoms with van der Waals surface area (Å²) in [5.74, 6) is -1.01. The minimum atomic E-state index is -3.71. The number of rotatable bonds is 9. The number of methoxy groups -OCH3 is 1. The van der Waals surface area contributed by atoms with E-state index in [1.54, 1.807) is 18.2 Å². The van der Waals surface area contributed by atoms with Crippen molar-refractivity contribution in [1.82, 2.24) is 4.31 Å². The maximum absolute atomic E-state index is 12.9. The number of ether oxygens (including phenoxy) is 3. The molecular weight excluding hydrogens is 462 g/mol. The number of anilines is 1. The number of sulfonamides is 1. The van der Waals surface area contributed by atoms with Gasteiger partial charge in [0.05, 0.1) is 23.3 Å². The minimum absolute atomic E-state index is 0.0343. The van der Waals surface area contributed by atoms with Gasteiger partial charge in [-0.05, 0) is 43.2 Å². The third kappa shape index (κ3) is 6.24. The topological polar surface area (TPSA) is 135 Å². The predicted octanol–water partition coefficient (Wildman–Crippen LogP) is 2.30. The number of benzene rings is 2. The molecule has 1 aliphatic rings. The maximum Gasteiger partial charge on any atom is 0.344 e. The summed E-state index contributed by atoms with van der Waals surface area (Å²) in [4.78, 5) is 24.3. The Morgan fingerprint density at radius 3 is 2.50 bits per heavy atom. The SMILES string of the molecule is COc1ccc(S(=O)(=O)N2CCCCC2)cc1NC(=O)COC(=O)COc1ccccc1C#N. The number of esters is 1. The van der Waals surface area contributed by atoms with Gasteiger partial charge in [-0.3, -0.25) is 4.79 Å². The molecule has 3 rings (SSSR count). The molecule has 0 saturated carbocycles. The van der Waals surface area contributed by atoms with Crippen molar-refractivity contribution in [1.29, 1.82) is 5.26 Å². The fourth-order valence-electron chi connectivity index (χ4n) is 3.40. The average Bonchev–Trinajstić information content (AvgIpc) is 2.86. The van der Waals surface area contributed by atoms with Gasteiger partial charge in [-0.25, -0.2) is 13.2 Å². The molecule has 1 N–H and O–H groups in total. The molecule has 2 aromatic carbocycles. The van der Waals surface area contributed by atoms with Crippen LogP contribution >= 0.6 is 0 Å². The van der Waals surface area contributed by atoms with Gasteiger partial charge in [0.25, 0.3) is 5.91 Å². The molecule has 1 saturated heterocycles. The molecule has 0 aliphatic carbocycles. The first kappa shape index (κ1) is 25.0. The minimum Gasteiger partial charge on any atom is -0.495 e. The van der Waals surface area contributed by atoms with Gasteiger partial charge in [-0.2, -0.15) is 9.57 Å². The Hall–Kier alpha value is -3.62. The van der Waals surface area contributed by atoms with Crippen molar-refractivity contribution in [2.24, 2.45) is 0 Å². The van der Waals surface area contributed by atoms with Crippen LogP contribution in [0.5, 0.6) is 11.5 Å². The van der Waals surface area contributed by atoms with E-state index in [1.807, 2.05) is 6.07 Å². The lowest BCUT2D eigenvalue weighted by Gasteiger charge is -2.26. The lowest BCUT2D eigenvalue weighted by Crippen LogP contribution is -2.35. The van der Waals surface area contributed by atoms with Gasteiger partial charge in [0.15, 0.2) is 13.2 Å². The van der Waals surface area contributed by atoms with E-state index in [9.17, 15) is 18.0 Å². The first-order valence-corrected chi connectivity index (χ1v) is 12.0. The Morgan fingerprint density at radius 1 is 1.06 bits per heavy atom. The summed E-state index contributed by atoms with van der Waals surface area (Å²) in [7, 11) is -2.32. The summed E-state index contributed by atoms with van der Waals surface area (Å²) in [6.07, 6.45) is 2.59. The van der Waals surface area contributed by atoms with E-state index < -0.39 is 35.1 Å². The summed E-state index contributed by atoms with van der Waals surface area (Å²) in [5, 5.41) is 11.6. The summed E-state index contributed by atoms with van der Waals surface area (Å²) in [6.45, 7) is -0.201. The largest absolute Gasteiger partial charge is 0.495 e. The Labute approximate surface area is 198 Å². The summed E-state index contributed by atoms with van der Waals surface area (Å²) in [5.41, 5.74) is 0.403. The Bertz CT molecular complexity index is 1190. The van der Waals surface area contributed by atoms with Gasteiger partial charge in [0.1, 0.15) is 17.6 Å². The van der Waals surface area contributed by atoms with Crippen molar-refractivity contribution >= 4 is 27.6 Å². The normalized spacial score (nSPS) is 14.0. The van der Waals surface area contributed by atoms with Gasteiger partial charge < -0.3 is 19.5 Å². The zero-order valence-electron chi connectivity index (χ0n) is 18.7. The van der Waals surface area contributed by atoms with Crippen molar-refractivity contribution in [3.8, 4) is 17.6 Å². The van der Waals surface area contributed by atoms with Gasteiger partial charge in [0, 0.05) is 13.1 Å². The fraction of sp³-hybridized carbons (Fsp3) is 0.348. The Morgan fingerprint density at radius 2 is 1.79 bits per heavy atom. The monoisotopic (exact) mass is 487 g/mol. The molecule has 0 bridgehead atoms. The standard InChI is InChI=1S/C23H25N3O7S/c1-31-21-10-9-18(34(29,30)26-11-5-2-6-12-26)13-19(21)25-22(27)15-33-23(28)16-32-20-8-4-3-7-17(20)14-24/h3-4,7-10,13H,2,5-6,11-12,15-16H2,1H3,(H,25,27). The molecular formula is C23H25N3O7S. The maximum atomic E-state index is 12.9. The second-order valence-corrected chi connectivity index (χ2v) is 9.37. The first-order chi connectivity index (χ1) is 16.3. The van der Waals surface area contributed by atoms with Gasteiger partial charge in [-0.1, -0.05) is 18.6 Å². The second-order valence-electron chi connectivity index (χ2n) is 7.43. The highest BCUT2D eigenvalue weighted by Crippen LogP contribution is 2.30. The number of carbonyl (C=O) groups excluding carboxylic acids is 2. The average molecular weight is 488 g/mol. The van der Waals surface area contributed by atoms with E-state index >= 15 is 0 Å². The molecule has 1 amide bonds. The second kappa shape index (κ2) is 11.5. The zero-order valence-corrected chi connectivity index (χ0v) is 19.5. The number of amides is 1. The number of hydrogen-bond donors (Lipinski definition) is 1. The summed E-state index contributed by atoms with van der Waals surface area (Å²) in [6, 6.07) is 12.5. The molecule has 1 aliphatic heterocycles. The molecule has 0 radical (unpaired) electrons. The van der Waals surface area contributed by atoms with Crippen molar-refractivity contribution < 1.29 is 32.2 Å². The summed E-state index contributed by atoms with van der Waals surface area (Å²) >= 11 is 0. The number of para-hydroxylation sites is 1. The van der Waals surface area contributed by atoms with E-state index in [1.165, 1.54) is 35.7 Å². The summed E-state index contributed by atoms with van der Waals surface area (Å²) < 4.78 is 42.7. The lowest BCUT2D eigenvalue weighted by molar-refractivity contribution is -0.149. The number of hydrogen-bond acceptors (Lipinski definition) is 8. The van der Waals surface area contributed by atoms with Crippen LogP contribution in [-0.4, -0.2) is 58.0 Å². The van der Waals surface area contributed by atoms with Crippen LogP contribution in [0.25, 0.3) is 0 Å². The molecule has 1 fully saturated rings. The van der Waals surface area contributed by atoms with Gasteiger partial charge >= 0.3 is 5.97 Å². The Kier molecular flexibility index (Phi) is 8.45. The molecule has 2 aromatic rings. The van der Waals surface area contributed by atoms with E-state index in [-0.39, 0.29) is 27.6 Å². The van der Waals surface area contributed by atoms with Gasteiger partial charge in [-0.15, -0.1) is 0 Å². The van der Waals surface area contributed by atoms with Crippen LogP contribution in [0.2, 0.25) is 0 Å². The lowest BCUT2D eigenvalue weighted by atomic mass is 10.2. The predicted molar refractivity (Wildman–Crippen MR) is 122 cm³/mol. The Balaban J connectivity index is 1.59. The molecule has 0 aromatic heterocycles. The number of piperidine rings is 1. The molecule has 180 valence electrons. The molecule has 34 heavy (non-hydrogen) atoms. The molecule has 10 nitrogen and oxygen atoms in total. The van der Waals surface area contributed by atoms with E-state index in [0.717, 1.165) is 19.3 Å². The van der Waals surface area contributed by atoms with Crippen molar-refractivity contribution in [3.63, 3.8) is 0 Å². The van der Waals surface area contributed by atoms with Crippen LogP contribution in [0, 0.1) is 11.3 Å². The number of nitrogens with zero attached hydrogens (tertiary/aromatic N) is 2. The third-order valence-electron chi connectivity index (χ3n) is 5.12. The third-order valence-corrected chi connectivity index (χ3v) is 7.01. The number of nitrogens with one attached hydrogen (secondary N) is 1. The van der Waals surface area contributed by atoms with E-state index in [0.29, 0.717) is 13.1 Å². The molecule has 0 unspecified atom stereocenters. The zero-order chi connectivity index (χ0) is 24.6. The van der Waals surface area contributed by atoms with Crippen molar-refractivity contribution in [2.45, 2.75) is 24.2 Å². The van der Waals surface area contributed by atoms with E-state index in [4.69, 9.17) is 19.5 Å². The van der Waals surface area contributed by atoms with Crippen molar-refractivity contribution in [3.05, 3.63) is 48.0 Å². The molecule has 1 heterocycles. The highest BCUT2D eigenvalue weighted by Gasteiger charge is 2.27. The quantitative estimate of drug-likeness (QED) is 0.533. The van der Waals surface area contributed by atoms with Crippen LogP contribution in [-0.2, 0) is 24.3 Å². The van der Waals surface area contributed by atoms with Gasteiger partial charge in [0.2, 0.25) is 10.0 Å². The number of carbonyl (C=O) groups is 2. The smallest absolute Gasteiger partial charge is 0.344 e. The molecule has 0 atom stereocenters. The number of nitriles is 1. The highest BCUT2D eigenvalue weighted by molar-refractivity contribution is 7.89. The van der Waals surface area contributed by atoms with E-state index in [2.05, 4.69) is 5.32 Å². The van der Waals surface area contributed by atoms with Crippen LogP contribution in [0.15, 0.2) is 47.4 Å². The van der Waals surface area contributed by atoms with Crippen LogP contribution in [0.3, 0.4) is 0 Å². The van der Waals surface area contributed by atoms with Crippen molar-refractivity contribution in [2.75, 3.05) is 38.7 Å².